The lowest BCUT2D eigenvalue weighted by Crippen LogP contribution is -2.44. The number of para-hydroxylation sites is 1. The molecule has 1 heterocycles. The zero-order valence-electron chi connectivity index (χ0n) is 11.7. The molecule has 0 bridgehead atoms. The number of hydrogen-bond acceptors (Lipinski definition) is 2. The van der Waals surface area contributed by atoms with Crippen LogP contribution in [0.2, 0.25) is 0 Å². The molecule has 1 unspecified atom stereocenters. The van der Waals surface area contributed by atoms with Gasteiger partial charge in [0.25, 0.3) is 0 Å². The molecule has 1 aliphatic carbocycles. The van der Waals surface area contributed by atoms with Gasteiger partial charge in [-0.05, 0) is 30.9 Å². The largest absolute Gasteiger partial charge is 0.493 e. The molecule has 1 saturated carbocycles. The number of nitrogens with one attached hydrogen (secondary N) is 2. The molecule has 4 heteroatoms. The van der Waals surface area contributed by atoms with Gasteiger partial charge >= 0.3 is 6.03 Å². The summed E-state index contributed by atoms with van der Waals surface area (Å²) < 4.78 is 5.73. The third-order valence-electron chi connectivity index (χ3n) is 4.20. The molecule has 3 rings (SSSR count). The van der Waals surface area contributed by atoms with Crippen molar-refractivity contribution in [3.8, 4) is 5.75 Å². The molecule has 20 heavy (non-hydrogen) atoms. The summed E-state index contributed by atoms with van der Waals surface area (Å²) in [5, 5.41) is 6.03. The minimum absolute atomic E-state index is 0.0317. The lowest BCUT2D eigenvalue weighted by Gasteiger charge is -2.25. The van der Waals surface area contributed by atoms with Crippen molar-refractivity contribution in [2.45, 2.75) is 38.1 Å². The van der Waals surface area contributed by atoms with Gasteiger partial charge in [-0.1, -0.05) is 31.0 Å². The maximum atomic E-state index is 11.8. The minimum Gasteiger partial charge on any atom is -0.493 e. The summed E-state index contributed by atoms with van der Waals surface area (Å²) in [4.78, 5) is 11.8. The molecule has 108 valence electrons. The number of fused-ring (bicyclic) bond motifs is 1. The lowest BCUT2D eigenvalue weighted by molar-refractivity contribution is 0.210. The van der Waals surface area contributed by atoms with E-state index in [0.717, 1.165) is 25.0 Å². The monoisotopic (exact) mass is 274 g/mol. The van der Waals surface area contributed by atoms with Crippen molar-refractivity contribution in [1.82, 2.24) is 10.6 Å². The van der Waals surface area contributed by atoms with Gasteiger partial charge in [0.05, 0.1) is 6.61 Å². The SMILES string of the molecule is O=C(NCC1COc2ccccc2C1)NC1CCCC1. The highest BCUT2D eigenvalue weighted by Crippen LogP contribution is 2.26. The first kappa shape index (κ1) is 13.3. The fourth-order valence-electron chi connectivity index (χ4n) is 3.07. The first-order valence-corrected chi connectivity index (χ1v) is 7.56. The van der Waals surface area contributed by atoms with Crippen LogP contribution in [0.1, 0.15) is 31.2 Å². The molecule has 1 aromatic carbocycles. The number of urea groups is 1. The van der Waals surface area contributed by atoms with E-state index < -0.39 is 0 Å². The summed E-state index contributed by atoms with van der Waals surface area (Å²) in [6.45, 7) is 1.35. The number of carbonyl (C=O) groups excluding carboxylic acids is 1. The highest BCUT2D eigenvalue weighted by Gasteiger charge is 2.21. The van der Waals surface area contributed by atoms with E-state index >= 15 is 0 Å². The number of benzene rings is 1. The normalized spacial score (nSPS) is 21.9. The van der Waals surface area contributed by atoms with Crippen LogP contribution in [0.25, 0.3) is 0 Å². The van der Waals surface area contributed by atoms with E-state index in [9.17, 15) is 4.79 Å². The Morgan fingerprint density at radius 2 is 2.05 bits per heavy atom. The molecular weight excluding hydrogens is 252 g/mol. The van der Waals surface area contributed by atoms with Crippen molar-refractivity contribution in [3.05, 3.63) is 29.8 Å². The second-order valence-electron chi connectivity index (χ2n) is 5.82. The Morgan fingerprint density at radius 3 is 2.90 bits per heavy atom. The molecule has 1 atom stereocenters. The van der Waals surface area contributed by atoms with Gasteiger partial charge in [0.15, 0.2) is 0 Å². The van der Waals surface area contributed by atoms with E-state index in [1.165, 1.54) is 18.4 Å². The predicted molar refractivity (Wildman–Crippen MR) is 77.9 cm³/mol. The van der Waals surface area contributed by atoms with Crippen LogP contribution in [0.15, 0.2) is 24.3 Å². The summed E-state index contributed by atoms with van der Waals surface area (Å²) in [6, 6.07) is 8.47. The maximum Gasteiger partial charge on any atom is 0.315 e. The molecule has 1 fully saturated rings. The molecule has 1 aromatic rings. The summed E-state index contributed by atoms with van der Waals surface area (Å²) in [5.41, 5.74) is 1.24. The van der Waals surface area contributed by atoms with Crippen molar-refractivity contribution in [2.24, 2.45) is 5.92 Å². The Bertz CT molecular complexity index is 469. The van der Waals surface area contributed by atoms with Crippen molar-refractivity contribution in [1.29, 1.82) is 0 Å². The number of amides is 2. The van der Waals surface area contributed by atoms with E-state index in [1.54, 1.807) is 0 Å². The van der Waals surface area contributed by atoms with E-state index in [-0.39, 0.29) is 6.03 Å². The van der Waals surface area contributed by atoms with Crippen LogP contribution in [-0.4, -0.2) is 25.2 Å². The number of hydrogen-bond donors (Lipinski definition) is 2. The highest BCUT2D eigenvalue weighted by molar-refractivity contribution is 5.74. The minimum atomic E-state index is -0.0317. The van der Waals surface area contributed by atoms with Crippen molar-refractivity contribution < 1.29 is 9.53 Å². The van der Waals surface area contributed by atoms with Crippen LogP contribution < -0.4 is 15.4 Å². The maximum absolute atomic E-state index is 11.8. The average molecular weight is 274 g/mol. The first-order valence-electron chi connectivity index (χ1n) is 7.56. The molecule has 0 saturated heterocycles. The third-order valence-corrected chi connectivity index (χ3v) is 4.20. The van der Waals surface area contributed by atoms with Crippen LogP contribution in [0.4, 0.5) is 4.79 Å². The van der Waals surface area contributed by atoms with Crippen LogP contribution >= 0.6 is 0 Å². The predicted octanol–water partition coefficient (Wildman–Crippen LogP) is 2.48. The fraction of sp³-hybridized carbons (Fsp3) is 0.562. The van der Waals surface area contributed by atoms with Crippen LogP contribution in [0.5, 0.6) is 5.75 Å². The van der Waals surface area contributed by atoms with E-state index in [4.69, 9.17) is 4.74 Å². The van der Waals surface area contributed by atoms with Crippen molar-refractivity contribution >= 4 is 6.03 Å². The zero-order chi connectivity index (χ0) is 13.8. The second-order valence-corrected chi connectivity index (χ2v) is 5.82. The van der Waals surface area contributed by atoms with Gasteiger partial charge in [-0.2, -0.15) is 0 Å². The smallest absolute Gasteiger partial charge is 0.315 e. The Labute approximate surface area is 119 Å². The van der Waals surface area contributed by atoms with Crippen molar-refractivity contribution in [2.75, 3.05) is 13.2 Å². The fourth-order valence-corrected chi connectivity index (χ4v) is 3.07. The molecular formula is C16H22N2O2. The zero-order valence-corrected chi connectivity index (χ0v) is 11.7. The van der Waals surface area contributed by atoms with E-state index in [1.807, 2.05) is 18.2 Å². The Kier molecular flexibility index (Phi) is 4.09. The summed E-state index contributed by atoms with van der Waals surface area (Å²) in [5.74, 6) is 1.35. The van der Waals surface area contributed by atoms with Gasteiger partial charge in [0.1, 0.15) is 5.75 Å². The number of ether oxygens (including phenoxy) is 1. The van der Waals surface area contributed by atoms with Crippen LogP contribution in [-0.2, 0) is 6.42 Å². The molecule has 0 aromatic heterocycles. The molecule has 2 N–H and O–H groups in total. The number of rotatable bonds is 3. The van der Waals surface area contributed by atoms with Gasteiger partial charge in [0, 0.05) is 18.5 Å². The second kappa shape index (κ2) is 6.16. The molecule has 2 aliphatic rings. The quantitative estimate of drug-likeness (QED) is 0.889. The van der Waals surface area contributed by atoms with E-state index in [2.05, 4.69) is 16.7 Å². The van der Waals surface area contributed by atoms with Crippen molar-refractivity contribution in [3.63, 3.8) is 0 Å². The van der Waals surface area contributed by atoms with Gasteiger partial charge in [-0.3, -0.25) is 0 Å². The summed E-state index contributed by atoms with van der Waals surface area (Å²) in [6.07, 6.45) is 5.68. The van der Waals surface area contributed by atoms with Gasteiger partial charge in [-0.25, -0.2) is 4.79 Å². The molecule has 0 spiro atoms. The van der Waals surface area contributed by atoms with Gasteiger partial charge < -0.3 is 15.4 Å². The Balaban J connectivity index is 1.44. The molecule has 0 radical (unpaired) electrons. The summed E-state index contributed by atoms with van der Waals surface area (Å²) in [7, 11) is 0. The topological polar surface area (TPSA) is 50.4 Å². The van der Waals surface area contributed by atoms with Crippen LogP contribution in [0.3, 0.4) is 0 Å². The third kappa shape index (κ3) is 3.24. The lowest BCUT2D eigenvalue weighted by atomic mass is 9.97. The highest BCUT2D eigenvalue weighted by atomic mass is 16.5. The Morgan fingerprint density at radius 1 is 1.25 bits per heavy atom. The van der Waals surface area contributed by atoms with Gasteiger partial charge in [0.2, 0.25) is 0 Å². The molecule has 2 amide bonds. The molecule has 1 aliphatic heterocycles. The molecule has 4 nitrogen and oxygen atoms in total. The van der Waals surface area contributed by atoms with E-state index in [0.29, 0.717) is 25.1 Å². The standard InChI is InChI=1S/C16H22N2O2/c19-16(18-14-6-2-3-7-14)17-10-12-9-13-5-1-4-8-15(13)20-11-12/h1,4-5,8,12,14H,2-3,6-7,9-11H2,(H2,17,18,19). The first-order chi connectivity index (χ1) is 9.81. The number of carbonyl (C=O) groups is 1. The van der Waals surface area contributed by atoms with Gasteiger partial charge in [-0.15, -0.1) is 0 Å². The Hall–Kier alpha value is -1.71. The average Bonchev–Trinajstić information content (AvgIpc) is 2.98. The van der Waals surface area contributed by atoms with Crippen LogP contribution in [0, 0.1) is 5.92 Å². The summed E-state index contributed by atoms with van der Waals surface area (Å²) >= 11 is 0.